The standard InChI is InChI=1S/C18H36N6O/c1-19-17(25)14-24-11-8-15(9-12-24)22-18(20-2)21-10-13-23(3)16-6-4-5-7-16/h15-16H,4-14H2,1-3H3,(H,19,25)(H2,20,21,22). The first-order chi connectivity index (χ1) is 12.1. The third kappa shape index (κ3) is 6.82. The van der Waals surface area contributed by atoms with E-state index in [2.05, 4.69) is 37.8 Å². The first-order valence-electron chi connectivity index (χ1n) is 9.72. The number of guanidine groups is 1. The van der Waals surface area contributed by atoms with Crippen LogP contribution in [0.2, 0.25) is 0 Å². The minimum absolute atomic E-state index is 0.0928. The molecule has 0 aromatic rings. The maximum atomic E-state index is 11.5. The van der Waals surface area contributed by atoms with E-state index in [0.29, 0.717) is 12.6 Å². The second-order valence-electron chi connectivity index (χ2n) is 7.29. The summed E-state index contributed by atoms with van der Waals surface area (Å²) in [5.41, 5.74) is 0. The highest BCUT2D eigenvalue weighted by Crippen LogP contribution is 2.21. The lowest BCUT2D eigenvalue weighted by atomic mass is 10.1. The number of carbonyl (C=O) groups excluding carboxylic acids is 1. The molecule has 0 unspecified atom stereocenters. The number of aliphatic imine (C=N–C) groups is 1. The fourth-order valence-electron chi connectivity index (χ4n) is 3.78. The van der Waals surface area contributed by atoms with Gasteiger partial charge in [-0.05, 0) is 32.7 Å². The molecule has 1 heterocycles. The lowest BCUT2D eigenvalue weighted by Crippen LogP contribution is -2.50. The Morgan fingerprint density at radius 1 is 1.20 bits per heavy atom. The van der Waals surface area contributed by atoms with Crippen LogP contribution in [-0.2, 0) is 4.79 Å². The number of hydrogen-bond acceptors (Lipinski definition) is 4. The molecule has 0 aromatic heterocycles. The van der Waals surface area contributed by atoms with Gasteiger partial charge in [-0.2, -0.15) is 0 Å². The van der Waals surface area contributed by atoms with Gasteiger partial charge >= 0.3 is 0 Å². The number of nitrogens with one attached hydrogen (secondary N) is 3. The lowest BCUT2D eigenvalue weighted by molar-refractivity contribution is -0.122. The Kier molecular flexibility index (Phi) is 8.48. The molecule has 0 bridgehead atoms. The van der Waals surface area contributed by atoms with Gasteiger partial charge in [-0.1, -0.05) is 12.8 Å². The highest BCUT2D eigenvalue weighted by molar-refractivity contribution is 5.80. The van der Waals surface area contributed by atoms with Gasteiger partial charge in [0.2, 0.25) is 5.91 Å². The zero-order valence-electron chi connectivity index (χ0n) is 16.2. The van der Waals surface area contributed by atoms with Gasteiger partial charge in [-0.25, -0.2) is 0 Å². The summed E-state index contributed by atoms with van der Waals surface area (Å²) in [4.78, 5) is 20.5. The van der Waals surface area contributed by atoms with Gasteiger partial charge < -0.3 is 20.9 Å². The molecule has 2 aliphatic rings. The van der Waals surface area contributed by atoms with E-state index in [9.17, 15) is 4.79 Å². The summed E-state index contributed by atoms with van der Waals surface area (Å²) in [5, 5.41) is 9.66. The van der Waals surface area contributed by atoms with Gasteiger partial charge in [0.1, 0.15) is 0 Å². The predicted octanol–water partition coefficient (Wildman–Crippen LogP) is 0.236. The summed E-state index contributed by atoms with van der Waals surface area (Å²) < 4.78 is 0. The third-order valence-electron chi connectivity index (χ3n) is 5.50. The largest absolute Gasteiger partial charge is 0.358 e. The van der Waals surface area contributed by atoms with E-state index in [1.165, 1.54) is 25.7 Å². The Morgan fingerprint density at radius 3 is 2.48 bits per heavy atom. The van der Waals surface area contributed by atoms with Crippen LogP contribution in [0.4, 0.5) is 0 Å². The number of likely N-dealkylation sites (N-methyl/N-ethyl adjacent to an activating group) is 2. The summed E-state index contributed by atoms with van der Waals surface area (Å²) in [6, 6.07) is 1.20. The second-order valence-corrected chi connectivity index (χ2v) is 7.29. The van der Waals surface area contributed by atoms with Gasteiger partial charge in [-0.3, -0.25) is 14.7 Å². The first-order valence-corrected chi connectivity index (χ1v) is 9.72. The normalized spacial score (nSPS) is 20.9. The lowest BCUT2D eigenvalue weighted by Gasteiger charge is -2.32. The van der Waals surface area contributed by atoms with Crippen LogP contribution in [0.25, 0.3) is 0 Å². The zero-order chi connectivity index (χ0) is 18.1. The van der Waals surface area contributed by atoms with Crippen molar-refractivity contribution < 1.29 is 4.79 Å². The van der Waals surface area contributed by atoms with E-state index in [1.54, 1.807) is 7.05 Å². The minimum Gasteiger partial charge on any atom is -0.358 e. The van der Waals surface area contributed by atoms with E-state index in [1.807, 2.05) is 7.05 Å². The maximum Gasteiger partial charge on any atom is 0.233 e. The predicted molar refractivity (Wildman–Crippen MR) is 103 cm³/mol. The Labute approximate surface area is 152 Å². The SMILES string of the molecule is CN=C(NCCN(C)C1CCCC1)NC1CCN(CC(=O)NC)CC1. The quantitative estimate of drug-likeness (QED) is 0.452. The first kappa shape index (κ1) is 20.0. The van der Waals surface area contributed by atoms with Crippen LogP contribution in [0.5, 0.6) is 0 Å². The fourth-order valence-corrected chi connectivity index (χ4v) is 3.78. The van der Waals surface area contributed by atoms with Gasteiger partial charge in [0, 0.05) is 52.4 Å². The molecule has 1 aliphatic carbocycles. The van der Waals surface area contributed by atoms with Gasteiger partial charge in [0.25, 0.3) is 0 Å². The van der Waals surface area contributed by atoms with Crippen LogP contribution >= 0.6 is 0 Å². The topological polar surface area (TPSA) is 72.0 Å². The maximum absolute atomic E-state index is 11.5. The molecule has 25 heavy (non-hydrogen) atoms. The van der Waals surface area contributed by atoms with Crippen molar-refractivity contribution in [1.29, 1.82) is 0 Å². The number of rotatable bonds is 7. The summed E-state index contributed by atoms with van der Waals surface area (Å²) in [7, 11) is 5.75. The van der Waals surface area contributed by atoms with Crippen molar-refractivity contribution in [2.45, 2.75) is 50.6 Å². The molecule has 144 valence electrons. The Morgan fingerprint density at radius 2 is 1.88 bits per heavy atom. The van der Waals surface area contributed by atoms with Crippen molar-refractivity contribution in [3.63, 3.8) is 0 Å². The molecule has 1 amide bonds. The number of likely N-dealkylation sites (tertiary alicyclic amines) is 1. The average molecular weight is 353 g/mol. The molecule has 7 heteroatoms. The summed E-state index contributed by atoms with van der Waals surface area (Å²) in [6.07, 6.45) is 7.53. The molecular formula is C18H36N6O. The molecule has 2 fully saturated rings. The highest BCUT2D eigenvalue weighted by Gasteiger charge is 2.22. The second kappa shape index (κ2) is 10.6. The van der Waals surface area contributed by atoms with Crippen molar-refractivity contribution >= 4 is 11.9 Å². The molecule has 0 radical (unpaired) electrons. The number of hydrogen-bond donors (Lipinski definition) is 3. The monoisotopic (exact) mass is 352 g/mol. The zero-order valence-corrected chi connectivity index (χ0v) is 16.2. The van der Waals surface area contributed by atoms with Crippen molar-refractivity contribution in [1.82, 2.24) is 25.8 Å². The van der Waals surface area contributed by atoms with Crippen LogP contribution < -0.4 is 16.0 Å². The average Bonchev–Trinajstić information content (AvgIpc) is 3.17. The number of nitrogens with zero attached hydrogens (tertiary/aromatic N) is 3. The molecule has 0 spiro atoms. The van der Waals surface area contributed by atoms with Crippen molar-refractivity contribution in [3.8, 4) is 0 Å². The molecular weight excluding hydrogens is 316 g/mol. The Balaban J connectivity index is 1.62. The highest BCUT2D eigenvalue weighted by atomic mass is 16.1. The molecule has 0 atom stereocenters. The molecule has 7 nitrogen and oxygen atoms in total. The minimum atomic E-state index is 0.0928. The number of carbonyl (C=O) groups is 1. The van der Waals surface area contributed by atoms with Crippen molar-refractivity contribution in [3.05, 3.63) is 0 Å². The fraction of sp³-hybridized carbons (Fsp3) is 0.889. The van der Waals surface area contributed by atoms with Crippen LogP contribution in [0, 0.1) is 0 Å². The van der Waals surface area contributed by atoms with E-state index in [-0.39, 0.29) is 5.91 Å². The molecule has 3 N–H and O–H groups in total. The van der Waals surface area contributed by atoms with Gasteiger partial charge in [0.05, 0.1) is 6.54 Å². The van der Waals surface area contributed by atoms with E-state index < -0.39 is 0 Å². The Bertz CT molecular complexity index is 427. The number of amides is 1. The molecule has 0 aromatic carbocycles. The van der Waals surface area contributed by atoms with E-state index in [0.717, 1.165) is 51.0 Å². The van der Waals surface area contributed by atoms with Crippen molar-refractivity contribution in [2.24, 2.45) is 4.99 Å². The smallest absolute Gasteiger partial charge is 0.233 e. The van der Waals surface area contributed by atoms with Crippen LogP contribution in [-0.4, -0.2) is 87.6 Å². The summed E-state index contributed by atoms with van der Waals surface area (Å²) >= 11 is 0. The van der Waals surface area contributed by atoms with Gasteiger partial charge in [0.15, 0.2) is 5.96 Å². The van der Waals surface area contributed by atoms with Crippen LogP contribution in [0.3, 0.4) is 0 Å². The van der Waals surface area contributed by atoms with Crippen LogP contribution in [0.15, 0.2) is 4.99 Å². The molecule has 2 rings (SSSR count). The summed E-state index contributed by atoms with van der Waals surface area (Å²) in [6.45, 7) is 4.38. The van der Waals surface area contributed by atoms with E-state index in [4.69, 9.17) is 0 Å². The van der Waals surface area contributed by atoms with Gasteiger partial charge in [-0.15, -0.1) is 0 Å². The molecule has 1 aliphatic heterocycles. The van der Waals surface area contributed by atoms with Crippen LogP contribution in [0.1, 0.15) is 38.5 Å². The van der Waals surface area contributed by atoms with E-state index >= 15 is 0 Å². The third-order valence-corrected chi connectivity index (χ3v) is 5.50. The Hall–Kier alpha value is -1.34. The molecule has 1 saturated carbocycles. The summed E-state index contributed by atoms with van der Waals surface area (Å²) in [5.74, 6) is 0.986. The van der Waals surface area contributed by atoms with Crippen molar-refractivity contribution in [2.75, 3.05) is 53.9 Å². The molecule has 1 saturated heterocycles. The number of piperidine rings is 1.